The molecule has 2 aliphatic heterocycles. The summed E-state index contributed by atoms with van der Waals surface area (Å²) in [5, 5.41) is 5.90. The van der Waals surface area contributed by atoms with Crippen molar-refractivity contribution in [3.8, 4) is 11.5 Å². The van der Waals surface area contributed by atoms with Gasteiger partial charge in [0.15, 0.2) is 11.5 Å². The van der Waals surface area contributed by atoms with Crippen molar-refractivity contribution >= 4 is 34.2 Å². The first-order valence-corrected chi connectivity index (χ1v) is 10.6. The number of rotatable bonds is 5. The van der Waals surface area contributed by atoms with Crippen molar-refractivity contribution < 1.29 is 0 Å². The highest BCUT2D eigenvalue weighted by Crippen LogP contribution is 2.23. The van der Waals surface area contributed by atoms with Crippen LogP contribution in [0.15, 0.2) is 64.2 Å². The van der Waals surface area contributed by atoms with E-state index in [4.69, 9.17) is 0 Å². The van der Waals surface area contributed by atoms with E-state index in [-0.39, 0.29) is 18.1 Å². The summed E-state index contributed by atoms with van der Waals surface area (Å²) in [7, 11) is 0. The molecule has 168 valence electrons. The molecule has 0 atom stereocenters. The van der Waals surface area contributed by atoms with Gasteiger partial charge in [-0.25, -0.2) is 9.78 Å². The number of aromatic nitrogens is 4. The Balaban J connectivity index is 0.00000259. The van der Waals surface area contributed by atoms with Crippen LogP contribution >= 0.6 is 12.4 Å². The van der Waals surface area contributed by atoms with Crippen LogP contribution < -0.4 is 16.6 Å². The smallest absolute Gasteiger partial charge is 0.321 e. The van der Waals surface area contributed by atoms with Gasteiger partial charge in [0, 0.05) is 19.6 Å². The summed E-state index contributed by atoms with van der Waals surface area (Å²) in [6, 6.07) is 18.7. The van der Waals surface area contributed by atoms with E-state index in [1.165, 1.54) is 16.3 Å². The third kappa shape index (κ3) is 4.37. The van der Waals surface area contributed by atoms with Gasteiger partial charge in [0.25, 0.3) is 5.56 Å². The molecule has 33 heavy (non-hydrogen) atoms. The zero-order valence-corrected chi connectivity index (χ0v) is 19.2. The molecule has 3 aromatic carbocycles. The van der Waals surface area contributed by atoms with Gasteiger partial charge in [-0.05, 0) is 59.5 Å². The molecule has 3 aromatic rings. The predicted octanol–water partition coefficient (Wildman–Crippen LogP) is 3.57. The largest absolute Gasteiger partial charge is 0.349 e. The van der Waals surface area contributed by atoms with Crippen molar-refractivity contribution in [2.75, 3.05) is 6.54 Å². The van der Waals surface area contributed by atoms with E-state index >= 15 is 0 Å². The summed E-state index contributed by atoms with van der Waals surface area (Å²) < 4.78 is 1.91. The highest BCUT2D eigenvalue weighted by atomic mass is 35.5. The van der Waals surface area contributed by atoms with Gasteiger partial charge in [-0.15, -0.1) is 12.4 Å². The summed E-state index contributed by atoms with van der Waals surface area (Å²) in [4.78, 5) is 35.1. The van der Waals surface area contributed by atoms with Crippen molar-refractivity contribution in [2.45, 2.75) is 26.9 Å². The van der Waals surface area contributed by atoms with Crippen molar-refractivity contribution in [3.05, 3.63) is 92.1 Å². The van der Waals surface area contributed by atoms with Gasteiger partial charge in [-0.2, -0.15) is 4.98 Å². The van der Waals surface area contributed by atoms with Crippen LogP contribution in [0.25, 0.3) is 33.3 Å². The quantitative estimate of drug-likeness (QED) is 0.308. The lowest BCUT2D eigenvalue weighted by atomic mass is 10.1. The minimum absolute atomic E-state index is 0. The molecular weight excluding hydrogens is 438 g/mol. The fourth-order valence-corrected chi connectivity index (χ4v) is 4.05. The first-order valence-electron chi connectivity index (χ1n) is 10.6. The van der Waals surface area contributed by atoms with E-state index in [9.17, 15) is 9.59 Å². The van der Waals surface area contributed by atoms with Crippen LogP contribution in [-0.2, 0) is 13.1 Å². The van der Waals surface area contributed by atoms with E-state index in [0.717, 1.165) is 16.6 Å². The highest BCUT2D eigenvalue weighted by Gasteiger charge is 2.19. The number of nitrogens with zero attached hydrogens (tertiary/aromatic N) is 3. The molecule has 8 heteroatoms. The molecule has 0 bridgehead atoms. The normalized spacial score (nSPS) is 11.2. The Morgan fingerprint density at radius 1 is 0.939 bits per heavy atom. The second-order valence-electron chi connectivity index (χ2n) is 8.09. The molecule has 0 radical (unpaired) electrons. The zero-order valence-electron chi connectivity index (χ0n) is 18.4. The van der Waals surface area contributed by atoms with Crippen LogP contribution in [0.2, 0.25) is 0 Å². The van der Waals surface area contributed by atoms with Gasteiger partial charge < -0.3 is 9.88 Å². The van der Waals surface area contributed by atoms with E-state index in [1.54, 1.807) is 0 Å². The average Bonchev–Trinajstić information content (AvgIpc) is 2.77. The molecular formula is C25H24ClN5O2. The highest BCUT2D eigenvalue weighted by molar-refractivity contribution is 5.85. The molecule has 2 N–H and O–H groups in total. The molecule has 0 fully saturated rings. The maximum absolute atomic E-state index is 12.4. The van der Waals surface area contributed by atoms with Gasteiger partial charge in [0.1, 0.15) is 0 Å². The maximum atomic E-state index is 12.4. The predicted molar refractivity (Wildman–Crippen MR) is 133 cm³/mol. The molecule has 2 aliphatic rings. The van der Waals surface area contributed by atoms with Crippen LogP contribution in [-0.4, -0.2) is 26.1 Å². The standard InChI is InChI=1S/C25H23N5O2.ClH/c1-15-11-20-21(12-16(15)2)30(23-22(27-20)24(31)29-25(32)28-23)10-9-26-14-17-7-8-18-5-3-4-6-19(18)13-17;/h3-8,11-13,26H,9-10,14H2,1-2H3,(H,29,31,32);1H. The SMILES string of the molecule is Cc1cc2nc3c(=O)[nH]c(=O)nc-3n(CCNCc3ccc4ccccc4c3)c2cc1C.Cl. The number of hydrogen-bond acceptors (Lipinski definition) is 5. The summed E-state index contributed by atoms with van der Waals surface area (Å²) in [5.41, 5.74) is 3.96. The molecule has 2 heterocycles. The zero-order chi connectivity index (χ0) is 22.2. The Hall–Kier alpha value is -3.55. The number of aryl methyl sites for hydroxylation is 2. The Bertz CT molecular complexity index is 1560. The number of fused-ring (bicyclic) bond motifs is 3. The lowest BCUT2D eigenvalue weighted by molar-refractivity contribution is 0.603. The van der Waals surface area contributed by atoms with Gasteiger partial charge in [-0.1, -0.05) is 36.4 Å². The van der Waals surface area contributed by atoms with Crippen LogP contribution in [0.4, 0.5) is 0 Å². The molecule has 0 aromatic heterocycles. The molecule has 0 saturated heterocycles. The summed E-state index contributed by atoms with van der Waals surface area (Å²) >= 11 is 0. The third-order valence-corrected chi connectivity index (χ3v) is 5.88. The Kier molecular flexibility index (Phi) is 6.26. The summed E-state index contributed by atoms with van der Waals surface area (Å²) in [5.74, 6) is 0.307. The molecule has 0 amide bonds. The average molecular weight is 462 g/mol. The van der Waals surface area contributed by atoms with E-state index in [0.29, 0.717) is 31.0 Å². The van der Waals surface area contributed by atoms with Crippen LogP contribution in [0.5, 0.6) is 0 Å². The number of nitrogens with one attached hydrogen (secondary N) is 2. The number of aromatic amines is 1. The fraction of sp³-hybridized carbons (Fsp3) is 0.200. The van der Waals surface area contributed by atoms with E-state index in [1.807, 2.05) is 42.7 Å². The topological polar surface area (TPSA) is 92.7 Å². The first-order chi connectivity index (χ1) is 15.5. The van der Waals surface area contributed by atoms with Gasteiger partial charge >= 0.3 is 5.69 Å². The Morgan fingerprint density at radius 3 is 2.52 bits per heavy atom. The second kappa shape index (κ2) is 9.13. The number of H-pyrrole nitrogens is 1. The molecule has 0 saturated carbocycles. The number of halogens is 1. The van der Waals surface area contributed by atoms with E-state index in [2.05, 4.69) is 50.6 Å². The van der Waals surface area contributed by atoms with Gasteiger partial charge in [0.2, 0.25) is 0 Å². The second-order valence-corrected chi connectivity index (χ2v) is 8.09. The van der Waals surface area contributed by atoms with Gasteiger partial charge in [0.05, 0.1) is 11.0 Å². The minimum atomic E-state index is -0.662. The van der Waals surface area contributed by atoms with Gasteiger partial charge in [-0.3, -0.25) is 9.78 Å². The lowest BCUT2D eigenvalue weighted by Gasteiger charge is -2.18. The first kappa shape index (κ1) is 22.6. The number of benzene rings is 3. The van der Waals surface area contributed by atoms with Crippen molar-refractivity contribution in [1.29, 1.82) is 0 Å². The molecule has 7 nitrogen and oxygen atoms in total. The Labute approximate surface area is 196 Å². The monoisotopic (exact) mass is 461 g/mol. The van der Waals surface area contributed by atoms with Crippen LogP contribution in [0.3, 0.4) is 0 Å². The molecule has 0 aliphatic carbocycles. The molecule has 0 unspecified atom stereocenters. The maximum Gasteiger partial charge on any atom is 0.349 e. The molecule has 0 spiro atoms. The van der Waals surface area contributed by atoms with Crippen molar-refractivity contribution in [3.63, 3.8) is 0 Å². The number of hydrogen-bond donors (Lipinski definition) is 2. The lowest BCUT2D eigenvalue weighted by Crippen LogP contribution is -2.30. The minimum Gasteiger partial charge on any atom is -0.321 e. The molecule has 5 rings (SSSR count). The van der Waals surface area contributed by atoms with Crippen molar-refractivity contribution in [1.82, 2.24) is 24.8 Å². The summed E-state index contributed by atoms with van der Waals surface area (Å²) in [6.07, 6.45) is 0. The Morgan fingerprint density at radius 2 is 1.70 bits per heavy atom. The summed E-state index contributed by atoms with van der Waals surface area (Å²) in [6.45, 7) is 5.94. The van der Waals surface area contributed by atoms with Crippen molar-refractivity contribution in [2.24, 2.45) is 0 Å². The van der Waals surface area contributed by atoms with E-state index < -0.39 is 11.2 Å². The van der Waals surface area contributed by atoms with Crippen LogP contribution in [0, 0.1) is 13.8 Å². The van der Waals surface area contributed by atoms with Crippen LogP contribution in [0.1, 0.15) is 16.7 Å². The fourth-order valence-electron chi connectivity index (χ4n) is 4.05. The third-order valence-electron chi connectivity index (χ3n) is 5.88.